The zero-order valence-electron chi connectivity index (χ0n) is 37.4. The Bertz CT molecular complexity index is 1230. The third-order valence-corrected chi connectivity index (χ3v) is 10.5. The Morgan fingerprint density at radius 1 is 0.621 bits per heavy atom. The van der Waals surface area contributed by atoms with Crippen molar-refractivity contribution in [3.63, 3.8) is 0 Å². The summed E-state index contributed by atoms with van der Waals surface area (Å²) in [6.45, 7) is 3.87. The molecule has 0 rings (SSSR count). The van der Waals surface area contributed by atoms with Crippen molar-refractivity contribution in [1.29, 1.82) is 0 Å². The fourth-order valence-electron chi connectivity index (χ4n) is 6.01. The fraction of sp³-hybridized carbons (Fsp3) is 0.708. The van der Waals surface area contributed by atoms with Gasteiger partial charge in [0.1, 0.15) is 13.2 Å². The molecular formula is C48H84NO8P. The number of likely N-dealkylation sites (N-methyl/N-ethyl adjacent to an activating group) is 1. The molecule has 0 aliphatic heterocycles. The van der Waals surface area contributed by atoms with Gasteiger partial charge < -0.3 is 28.3 Å². The molecule has 0 saturated heterocycles. The molecule has 0 spiro atoms. The number of hydrogen-bond donors (Lipinski definition) is 1. The first-order valence-electron chi connectivity index (χ1n) is 22.6. The molecule has 0 aromatic rings. The van der Waals surface area contributed by atoms with Gasteiger partial charge in [-0.1, -0.05) is 177 Å². The number of ketones is 1. The Morgan fingerprint density at radius 2 is 1.03 bits per heavy atom. The van der Waals surface area contributed by atoms with E-state index in [9.17, 15) is 24.2 Å². The zero-order valence-corrected chi connectivity index (χ0v) is 38.3. The normalized spacial score (nSPS) is 14.9. The van der Waals surface area contributed by atoms with Crippen molar-refractivity contribution in [1.82, 2.24) is 0 Å². The highest BCUT2D eigenvalue weighted by molar-refractivity contribution is 7.45. The predicted octanol–water partition coefficient (Wildman–Crippen LogP) is 11.8. The van der Waals surface area contributed by atoms with Crippen molar-refractivity contribution in [3.8, 4) is 0 Å². The van der Waals surface area contributed by atoms with E-state index in [1.807, 2.05) is 33.3 Å². The van der Waals surface area contributed by atoms with Crippen molar-refractivity contribution in [3.05, 3.63) is 72.9 Å². The largest absolute Gasteiger partial charge is 0.756 e. The van der Waals surface area contributed by atoms with E-state index in [4.69, 9.17) is 13.8 Å². The van der Waals surface area contributed by atoms with E-state index in [2.05, 4.69) is 74.6 Å². The number of quaternary nitrogens is 1. The molecule has 10 heteroatoms. The number of carbonyl (C=O) groups excluding carboxylic acids is 2. The zero-order chi connectivity index (χ0) is 43.0. The van der Waals surface area contributed by atoms with Crippen LogP contribution in [0.25, 0.3) is 0 Å². The van der Waals surface area contributed by atoms with Crippen LogP contribution in [0.4, 0.5) is 0 Å². The Hall–Kier alpha value is -2.39. The number of nitrogens with zero attached hydrogens (tertiary/aromatic N) is 1. The van der Waals surface area contributed by atoms with Gasteiger partial charge in [0.15, 0.2) is 18.0 Å². The molecule has 0 heterocycles. The molecule has 0 amide bonds. The van der Waals surface area contributed by atoms with E-state index in [1.165, 1.54) is 70.6 Å². The van der Waals surface area contributed by atoms with Crippen LogP contribution in [0.1, 0.15) is 168 Å². The van der Waals surface area contributed by atoms with Gasteiger partial charge in [-0.25, -0.2) is 0 Å². The van der Waals surface area contributed by atoms with Gasteiger partial charge in [0.25, 0.3) is 7.82 Å². The Kier molecular flexibility index (Phi) is 37.2. The lowest BCUT2D eigenvalue weighted by Crippen LogP contribution is -2.43. The number of esters is 1. The molecule has 0 aromatic carbocycles. The highest BCUT2D eigenvalue weighted by Gasteiger charge is 2.35. The summed E-state index contributed by atoms with van der Waals surface area (Å²) in [5, 5.41) is 10.1. The summed E-state index contributed by atoms with van der Waals surface area (Å²) in [7, 11) is 0.738. The minimum absolute atomic E-state index is 0.00760. The maximum atomic E-state index is 13.3. The van der Waals surface area contributed by atoms with Crippen molar-refractivity contribution in [2.45, 2.75) is 180 Å². The van der Waals surface area contributed by atoms with Crippen LogP contribution < -0.4 is 4.89 Å². The standard InChI is InChI=1S/C48H84NO8P/c1-6-8-10-12-14-16-18-20-22-23-24-25-27-29-31-33-35-37-39-41-47(52)56-46(44-50)48(57-58(53,54)55-43-42-49(3,4)5)45(51)40-38-36-34-32-30-28-26-21-19-17-15-13-11-9-7-2/h8,10,14,16,20,22,24-25,29,31,35,37,46,48,50H,6-7,9,11-13,15,17-19,21,23,26-28,30,32-34,36,38-44H2,1-5H3/b10-8-,16-14-,22-20-,25-24-,31-29-,37-35-/t46-,48?/m0/s1. The van der Waals surface area contributed by atoms with Gasteiger partial charge in [-0.05, 0) is 51.4 Å². The van der Waals surface area contributed by atoms with Gasteiger partial charge in [-0.15, -0.1) is 0 Å². The van der Waals surface area contributed by atoms with Crippen LogP contribution in [0.3, 0.4) is 0 Å². The molecule has 0 aliphatic carbocycles. The summed E-state index contributed by atoms with van der Waals surface area (Å²) < 4.78 is 29.0. The van der Waals surface area contributed by atoms with E-state index < -0.39 is 38.4 Å². The summed E-state index contributed by atoms with van der Waals surface area (Å²) in [4.78, 5) is 38.9. The summed E-state index contributed by atoms with van der Waals surface area (Å²) in [5.41, 5.74) is 0. The number of rotatable bonds is 40. The number of phosphoric acid groups is 1. The van der Waals surface area contributed by atoms with Gasteiger partial charge in [-0.3, -0.25) is 14.2 Å². The maximum absolute atomic E-state index is 13.3. The summed E-state index contributed by atoms with van der Waals surface area (Å²) in [5.74, 6) is -1.19. The maximum Gasteiger partial charge on any atom is 0.306 e. The second kappa shape index (κ2) is 38.8. The molecule has 0 saturated carbocycles. The molecule has 0 radical (unpaired) electrons. The van der Waals surface area contributed by atoms with E-state index in [-0.39, 0.29) is 19.4 Å². The number of phosphoric ester groups is 1. The Labute approximate surface area is 355 Å². The lowest BCUT2D eigenvalue weighted by Gasteiger charge is -2.32. The first-order chi connectivity index (χ1) is 28.0. The van der Waals surface area contributed by atoms with Crippen LogP contribution in [-0.4, -0.2) is 74.5 Å². The molecule has 3 atom stereocenters. The fourth-order valence-corrected chi connectivity index (χ4v) is 6.90. The van der Waals surface area contributed by atoms with Gasteiger partial charge >= 0.3 is 5.97 Å². The molecular weight excluding hydrogens is 750 g/mol. The molecule has 0 aliphatic rings. The minimum atomic E-state index is -4.94. The quantitative estimate of drug-likeness (QED) is 0.0213. The Morgan fingerprint density at radius 3 is 1.45 bits per heavy atom. The van der Waals surface area contributed by atoms with Gasteiger partial charge in [0.05, 0.1) is 27.7 Å². The second-order valence-electron chi connectivity index (χ2n) is 16.2. The van der Waals surface area contributed by atoms with Crippen LogP contribution >= 0.6 is 7.82 Å². The third kappa shape index (κ3) is 37.9. The lowest BCUT2D eigenvalue weighted by molar-refractivity contribution is -0.870. The van der Waals surface area contributed by atoms with Crippen molar-refractivity contribution < 1.29 is 42.4 Å². The van der Waals surface area contributed by atoms with Gasteiger partial charge in [0, 0.05) is 12.8 Å². The van der Waals surface area contributed by atoms with Gasteiger partial charge in [-0.2, -0.15) is 0 Å². The van der Waals surface area contributed by atoms with Crippen LogP contribution in [0.2, 0.25) is 0 Å². The Balaban J connectivity index is 4.73. The predicted molar refractivity (Wildman–Crippen MR) is 240 cm³/mol. The van der Waals surface area contributed by atoms with Crippen molar-refractivity contribution in [2.24, 2.45) is 0 Å². The SMILES string of the molecule is CC/C=C\C/C=C\C/C=C\C/C=C\C/C=C\C/C=C\CCC(=O)O[C@@H](CO)C(OP(=O)([O-])OCC[N+](C)(C)C)C(=O)CCCCCCCCCCCCCCCCC. The molecule has 9 nitrogen and oxygen atoms in total. The minimum Gasteiger partial charge on any atom is -0.756 e. The number of Topliss-reactive ketones (excluding diaryl/α,β-unsaturated/α-hetero) is 1. The second-order valence-corrected chi connectivity index (χ2v) is 17.5. The van der Waals surface area contributed by atoms with Crippen molar-refractivity contribution >= 4 is 19.6 Å². The van der Waals surface area contributed by atoms with Crippen LogP contribution in [0.15, 0.2) is 72.9 Å². The molecule has 0 aromatic heterocycles. The lowest BCUT2D eigenvalue weighted by atomic mass is 10.0. The highest BCUT2D eigenvalue weighted by atomic mass is 31.2. The summed E-state index contributed by atoms with van der Waals surface area (Å²) >= 11 is 0. The monoisotopic (exact) mass is 834 g/mol. The number of unbranched alkanes of at least 4 members (excludes halogenated alkanes) is 14. The number of carbonyl (C=O) groups is 2. The number of ether oxygens (including phenoxy) is 1. The molecule has 58 heavy (non-hydrogen) atoms. The third-order valence-electron chi connectivity index (χ3n) is 9.51. The highest BCUT2D eigenvalue weighted by Crippen LogP contribution is 2.41. The molecule has 1 N–H and O–H groups in total. The number of allylic oxidation sites excluding steroid dienone is 12. The van der Waals surface area contributed by atoms with E-state index in [0.717, 1.165) is 57.8 Å². The number of hydrogen-bond acceptors (Lipinski definition) is 8. The van der Waals surface area contributed by atoms with E-state index in [0.29, 0.717) is 23.9 Å². The average molecular weight is 834 g/mol. The smallest absolute Gasteiger partial charge is 0.306 e. The first kappa shape index (κ1) is 55.6. The van der Waals surface area contributed by atoms with Crippen LogP contribution in [0.5, 0.6) is 0 Å². The summed E-state index contributed by atoms with van der Waals surface area (Å²) in [6.07, 6.45) is 45.9. The molecule has 2 unspecified atom stereocenters. The topological polar surface area (TPSA) is 122 Å². The van der Waals surface area contributed by atoms with Gasteiger partial charge in [0.2, 0.25) is 0 Å². The molecule has 0 fully saturated rings. The van der Waals surface area contributed by atoms with E-state index in [1.54, 1.807) is 0 Å². The van der Waals surface area contributed by atoms with Crippen LogP contribution in [-0.2, 0) is 27.9 Å². The number of aliphatic hydroxyl groups is 1. The molecule has 0 bridgehead atoms. The average Bonchev–Trinajstić information content (AvgIpc) is 3.17. The van der Waals surface area contributed by atoms with E-state index >= 15 is 0 Å². The van der Waals surface area contributed by atoms with Crippen molar-refractivity contribution in [2.75, 3.05) is 40.9 Å². The summed E-state index contributed by atoms with van der Waals surface area (Å²) in [6, 6.07) is 0. The first-order valence-corrected chi connectivity index (χ1v) is 24.1. The van der Waals surface area contributed by atoms with Crippen LogP contribution in [0, 0.1) is 0 Å². The number of aliphatic hydroxyl groups excluding tert-OH is 1. The molecule has 334 valence electrons.